The number of nitrogen functional groups attached to an aromatic ring is 1. The number of nitrogens with two attached hydrogens (primary N) is 1. The van der Waals surface area contributed by atoms with Crippen molar-refractivity contribution in [1.82, 2.24) is 5.16 Å². The number of ketones is 1. The van der Waals surface area contributed by atoms with Crippen LogP contribution in [0.2, 0.25) is 0 Å². The standard InChI is InChI=1S/C14H14N2O3/c1-18-12-7-8(5-6-10(12)15)13-9-3-2-4-11(17)14(9)19-16-13/h5-7H,2-4,15H2,1H3. The van der Waals surface area contributed by atoms with E-state index in [4.69, 9.17) is 15.0 Å². The molecule has 1 aromatic carbocycles. The van der Waals surface area contributed by atoms with Gasteiger partial charge < -0.3 is 15.0 Å². The van der Waals surface area contributed by atoms with E-state index in [2.05, 4.69) is 5.16 Å². The molecule has 5 heteroatoms. The number of benzene rings is 1. The van der Waals surface area contributed by atoms with Gasteiger partial charge in [0.25, 0.3) is 0 Å². The summed E-state index contributed by atoms with van der Waals surface area (Å²) in [6.45, 7) is 0. The van der Waals surface area contributed by atoms with Gasteiger partial charge in [-0.3, -0.25) is 4.79 Å². The van der Waals surface area contributed by atoms with Crippen LogP contribution in [-0.2, 0) is 6.42 Å². The third-order valence-corrected chi connectivity index (χ3v) is 3.38. The first kappa shape index (κ1) is 11.8. The van der Waals surface area contributed by atoms with Crippen LogP contribution in [0.25, 0.3) is 11.3 Å². The summed E-state index contributed by atoms with van der Waals surface area (Å²) < 4.78 is 10.4. The van der Waals surface area contributed by atoms with Crippen molar-refractivity contribution in [3.05, 3.63) is 29.5 Å². The Hall–Kier alpha value is -2.30. The topological polar surface area (TPSA) is 78.4 Å². The van der Waals surface area contributed by atoms with Crippen LogP contribution in [-0.4, -0.2) is 18.0 Å². The third-order valence-electron chi connectivity index (χ3n) is 3.38. The van der Waals surface area contributed by atoms with Crippen LogP contribution in [0.5, 0.6) is 5.75 Å². The molecule has 0 amide bonds. The van der Waals surface area contributed by atoms with Crippen molar-refractivity contribution >= 4 is 11.5 Å². The first-order valence-corrected chi connectivity index (χ1v) is 6.16. The molecule has 0 spiro atoms. The molecule has 0 atom stereocenters. The maximum atomic E-state index is 11.7. The lowest BCUT2D eigenvalue weighted by atomic mass is 9.93. The summed E-state index contributed by atoms with van der Waals surface area (Å²) in [4.78, 5) is 11.7. The van der Waals surface area contributed by atoms with E-state index in [0.29, 0.717) is 29.3 Å². The highest BCUT2D eigenvalue weighted by atomic mass is 16.5. The van der Waals surface area contributed by atoms with E-state index in [0.717, 1.165) is 24.0 Å². The van der Waals surface area contributed by atoms with Gasteiger partial charge in [-0.25, -0.2) is 0 Å². The van der Waals surface area contributed by atoms with Crippen LogP contribution in [0.1, 0.15) is 29.0 Å². The Kier molecular flexibility index (Phi) is 2.74. The third kappa shape index (κ3) is 1.87. The summed E-state index contributed by atoms with van der Waals surface area (Å²) in [5.41, 5.74) is 8.81. The Morgan fingerprint density at radius 1 is 1.37 bits per heavy atom. The predicted molar refractivity (Wildman–Crippen MR) is 70.2 cm³/mol. The predicted octanol–water partition coefficient (Wildman–Crippen LogP) is 2.45. The van der Waals surface area contributed by atoms with Crippen molar-refractivity contribution < 1.29 is 14.1 Å². The van der Waals surface area contributed by atoms with Crippen molar-refractivity contribution in [2.24, 2.45) is 0 Å². The summed E-state index contributed by atoms with van der Waals surface area (Å²) in [7, 11) is 1.57. The fraction of sp³-hybridized carbons (Fsp3) is 0.286. The molecule has 1 aliphatic rings. The highest BCUT2D eigenvalue weighted by Gasteiger charge is 2.26. The van der Waals surface area contributed by atoms with Crippen LogP contribution in [0, 0.1) is 0 Å². The highest BCUT2D eigenvalue weighted by molar-refractivity contribution is 5.97. The minimum Gasteiger partial charge on any atom is -0.495 e. The quantitative estimate of drug-likeness (QED) is 0.837. The second kappa shape index (κ2) is 4.42. The van der Waals surface area contributed by atoms with Gasteiger partial charge in [-0.15, -0.1) is 0 Å². The Morgan fingerprint density at radius 2 is 2.21 bits per heavy atom. The number of Topliss-reactive ketones (excluding diaryl/α,β-unsaturated/α-hetero) is 1. The molecule has 1 aromatic heterocycles. The summed E-state index contributed by atoms with van der Waals surface area (Å²) in [5.74, 6) is 1.02. The highest BCUT2D eigenvalue weighted by Crippen LogP contribution is 2.34. The zero-order valence-electron chi connectivity index (χ0n) is 10.6. The van der Waals surface area contributed by atoms with Crippen LogP contribution >= 0.6 is 0 Å². The molecule has 98 valence electrons. The first-order valence-electron chi connectivity index (χ1n) is 6.16. The fourth-order valence-electron chi connectivity index (χ4n) is 2.38. The van der Waals surface area contributed by atoms with Crippen LogP contribution in [0.15, 0.2) is 22.7 Å². The molecule has 5 nitrogen and oxygen atoms in total. The molecule has 0 fully saturated rings. The van der Waals surface area contributed by atoms with E-state index in [-0.39, 0.29) is 5.78 Å². The monoisotopic (exact) mass is 258 g/mol. The number of hydrogen-bond donors (Lipinski definition) is 1. The number of carbonyl (C=O) groups excluding carboxylic acids is 1. The molecule has 0 radical (unpaired) electrons. The maximum absolute atomic E-state index is 11.7. The number of hydrogen-bond acceptors (Lipinski definition) is 5. The van der Waals surface area contributed by atoms with E-state index >= 15 is 0 Å². The number of rotatable bonds is 2. The molecule has 2 aromatic rings. The number of anilines is 1. The minimum atomic E-state index is 0.0300. The van der Waals surface area contributed by atoms with Gasteiger partial charge in [-0.2, -0.15) is 0 Å². The lowest BCUT2D eigenvalue weighted by Crippen LogP contribution is -2.08. The molecular weight excluding hydrogens is 244 g/mol. The molecule has 2 N–H and O–H groups in total. The van der Waals surface area contributed by atoms with Gasteiger partial charge in [-0.1, -0.05) is 11.2 Å². The van der Waals surface area contributed by atoms with Crippen molar-refractivity contribution in [3.8, 4) is 17.0 Å². The van der Waals surface area contributed by atoms with Gasteiger partial charge in [0.1, 0.15) is 11.4 Å². The maximum Gasteiger partial charge on any atom is 0.206 e. The number of carbonyl (C=O) groups is 1. The lowest BCUT2D eigenvalue weighted by molar-refractivity contribution is 0.0935. The summed E-state index contributed by atoms with van der Waals surface area (Å²) in [5, 5.41) is 4.03. The average molecular weight is 258 g/mol. The second-order valence-corrected chi connectivity index (χ2v) is 4.57. The summed E-state index contributed by atoms with van der Waals surface area (Å²) >= 11 is 0. The average Bonchev–Trinajstić information content (AvgIpc) is 2.85. The molecule has 0 aliphatic heterocycles. The normalized spacial score (nSPS) is 14.3. The Morgan fingerprint density at radius 3 is 3.00 bits per heavy atom. The fourth-order valence-corrected chi connectivity index (χ4v) is 2.38. The lowest BCUT2D eigenvalue weighted by Gasteiger charge is -2.10. The van der Waals surface area contributed by atoms with Gasteiger partial charge in [0.2, 0.25) is 11.5 Å². The van der Waals surface area contributed by atoms with Gasteiger partial charge in [0.15, 0.2) is 0 Å². The van der Waals surface area contributed by atoms with Gasteiger partial charge >= 0.3 is 0 Å². The van der Waals surface area contributed by atoms with Crippen molar-refractivity contribution in [1.29, 1.82) is 0 Å². The number of nitrogens with zero attached hydrogens (tertiary/aromatic N) is 1. The molecule has 1 heterocycles. The number of aromatic nitrogens is 1. The van der Waals surface area contributed by atoms with Gasteiger partial charge in [0, 0.05) is 17.5 Å². The smallest absolute Gasteiger partial charge is 0.206 e. The molecule has 1 aliphatic carbocycles. The zero-order chi connectivity index (χ0) is 13.4. The van der Waals surface area contributed by atoms with Gasteiger partial charge in [-0.05, 0) is 25.0 Å². The number of ether oxygens (including phenoxy) is 1. The van der Waals surface area contributed by atoms with Crippen molar-refractivity contribution in [2.75, 3.05) is 12.8 Å². The largest absolute Gasteiger partial charge is 0.495 e. The summed E-state index contributed by atoms with van der Waals surface area (Å²) in [6.07, 6.45) is 2.19. The molecule has 0 saturated heterocycles. The Labute approximate surface area is 110 Å². The second-order valence-electron chi connectivity index (χ2n) is 4.57. The van der Waals surface area contributed by atoms with Crippen LogP contribution in [0.3, 0.4) is 0 Å². The van der Waals surface area contributed by atoms with E-state index in [1.807, 2.05) is 12.1 Å². The van der Waals surface area contributed by atoms with E-state index in [1.165, 1.54) is 0 Å². The molecule has 0 saturated carbocycles. The molecule has 0 bridgehead atoms. The molecule has 3 rings (SSSR count). The van der Waals surface area contributed by atoms with Crippen LogP contribution < -0.4 is 10.5 Å². The van der Waals surface area contributed by atoms with E-state index < -0.39 is 0 Å². The zero-order valence-corrected chi connectivity index (χ0v) is 10.6. The Balaban J connectivity index is 2.10. The van der Waals surface area contributed by atoms with Crippen molar-refractivity contribution in [2.45, 2.75) is 19.3 Å². The number of fused-ring (bicyclic) bond motifs is 1. The molecule has 19 heavy (non-hydrogen) atoms. The van der Waals surface area contributed by atoms with Crippen LogP contribution in [0.4, 0.5) is 5.69 Å². The molecular formula is C14H14N2O3. The van der Waals surface area contributed by atoms with E-state index in [9.17, 15) is 4.79 Å². The minimum absolute atomic E-state index is 0.0300. The van der Waals surface area contributed by atoms with E-state index in [1.54, 1.807) is 13.2 Å². The Bertz CT molecular complexity index is 646. The summed E-state index contributed by atoms with van der Waals surface area (Å²) in [6, 6.07) is 5.43. The number of methoxy groups -OCH3 is 1. The first-order chi connectivity index (χ1) is 9.20. The SMILES string of the molecule is COc1cc(-c2noc3c2CCCC3=O)ccc1N. The van der Waals surface area contributed by atoms with Crippen molar-refractivity contribution in [3.63, 3.8) is 0 Å². The van der Waals surface area contributed by atoms with Gasteiger partial charge in [0.05, 0.1) is 12.8 Å². The molecule has 0 unspecified atom stereocenters.